The number of likely N-dealkylation sites (tertiary alicyclic amines) is 4. The Kier molecular flexibility index (Phi) is 40.9. The number of rotatable bonds is 7. The highest BCUT2D eigenvalue weighted by molar-refractivity contribution is 14.1. The topological polar surface area (TPSA) is 235 Å². The summed E-state index contributed by atoms with van der Waals surface area (Å²) < 4.78 is 26.2. The molecule has 3 aromatic carbocycles. The number of amides is 4. The summed E-state index contributed by atoms with van der Waals surface area (Å²) >= 11 is 16.1. The van der Waals surface area contributed by atoms with E-state index in [1.54, 1.807) is 45.2 Å². The third kappa shape index (κ3) is 35.1. The molecule has 0 unspecified atom stereocenters. The minimum atomic E-state index is -1.34. The average molecular weight is 1970 g/mol. The van der Waals surface area contributed by atoms with E-state index in [-0.39, 0.29) is 42.4 Å². The third-order valence-electron chi connectivity index (χ3n) is 18.6. The average Bonchev–Trinajstić information content (AvgIpc) is 0.826. The van der Waals surface area contributed by atoms with Crippen molar-refractivity contribution in [1.29, 1.82) is 0 Å². The summed E-state index contributed by atoms with van der Waals surface area (Å²) in [6.45, 7) is 31.0. The zero-order valence-electron chi connectivity index (χ0n) is 68.4. The number of nitrogens with zero attached hydrogens (tertiary/aromatic N) is 9. The Morgan fingerprint density at radius 3 is 0.922 bits per heavy atom. The van der Waals surface area contributed by atoms with Crippen LogP contribution in [0.25, 0.3) is 22.3 Å². The highest BCUT2D eigenvalue weighted by atomic mass is 127. The smallest absolute Gasteiger partial charge is 0.444 e. The molecule has 5 saturated heterocycles. The fourth-order valence-corrected chi connectivity index (χ4v) is 15.3. The summed E-state index contributed by atoms with van der Waals surface area (Å²) in [5.74, 6) is 1.78. The first-order valence-corrected chi connectivity index (χ1v) is 43.7. The predicted molar refractivity (Wildman–Crippen MR) is 485 cm³/mol. The number of piperidine rings is 5. The van der Waals surface area contributed by atoms with Crippen LogP contribution < -0.4 is 10.8 Å². The maximum absolute atomic E-state index is 12.2. The molecule has 3 N–H and O–H groups in total. The van der Waals surface area contributed by atoms with Crippen LogP contribution in [-0.4, -0.2) is 178 Å². The number of ether oxygens (including phenoxy) is 4. The molecule has 5 fully saturated rings. The number of pyridine rings is 5. The van der Waals surface area contributed by atoms with Crippen molar-refractivity contribution in [3.63, 3.8) is 0 Å². The van der Waals surface area contributed by atoms with Crippen molar-refractivity contribution >= 4 is 136 Å². The standard InChI is InChI=1S/C21H26N2O2.C16H18N2.2C15H21BrN2O2.C10H18INO2.C6H7BO2.C5H3Br2N.ClH/c1-21(2,3)25-20(24)23-14-11-17(12-15-23)19-18(10-7-13-22-19)16-8-5-4-6-9-16;1-2-5-13(6-3-1)15-7-4-10-18-16(15)14-8-11-17-12-9-14;2*1-15(2,3)20-14(19)18-9-6-11(7-10-18)13-12(16)5-4-8-17-13;1-10(2,3)14-9(13)12-6-4-8(11)5-7-12;8-7(9)6-4-2-1-3-5-6;6-4-2-1-3-8-5(4)7;/h4-10,13,17H,11-12,14-15H2,1-3H3;1-7,10,14,17H,8-9,11-12H2;2*4-5,8,11H,6-7,9-10H2,1-3H3;8H,4-7H2,1-3H3;1-5,8-9H;1-3H;1H. The number of carbonyl (C=O) groups is 4. The molecular formula is C88H115BBr4ClIN10O10. The molecule has 5 aromatic heterocycles. The number of carbonyl (C=O) groups excluding carboxylic acids is 4. The molecule has 0 spiro atoms. The normalized spacial score (nSPS) is 15.7. The van der Waals surface area contributed by atoms with Gasteiger partial charge in [0.1, 0.15) is 27.0 Å². The first-order chi connectivity index (χ1) is 54.1. The summed E-state index contributed by atoms with van der Waals surface area (Å²) in [6, 6.07) is 49.6. The van der Waals surface area contributed by atoms with Crippen molar-refractivity contribution in [2.24, 2.45) is 0 Å². The molecular weight excluding hydrogens is 1850 g/mol. The second kappa shape index (κ2) is 48.4. The Balaban J connectivity index is 0.000000214. The van der Waals surface area contributed by atoms with Crippen LogP contribution in [0.5, 0.6) is 0 Å². The molecule has 13 rings (SSSR count). The Morgan fingerprint density at radius 1 is 0.374 bits per heavy atom. The van der Waals surface area contributed by atoms with Gasteiger partial charge >= 0.3 is 31.5 Å². The first kappa shape index (κ1) is 97.2. The Hall–Kier alpha value is -6.63. The summed E-state index contributed by atoms with van der Waals surface area (Å²) in [6.07, 6.45) is 18.4. The summed E-state index contributed by atoms with van der Waals surface area (Å²) in [5, 5.41) is 20.6. The molecule has 0 radical (unpaired) electrons. The van der Waals surface area contributed by atoms with Gasteiger partial charge in [-0.2, -0.15) is 0 Å². The van der Waals surface area contributed by atoms with Crippen molar-refractivity contribution in [3.05, 3.63) is 223 Å². The molecule has 0 atom stereocenters. The summed E-state index contributed by atoms with van der Waals surface area (Å²) in [7, 11) is -1.34. The SMILES string of the molecule is Brc1cccnc1Br.CC(C)(C)OC(=O)N1CCC(I)CC1.CC(C)(C)OC(=O)N1CCC(c2ncccc2-c2ccccc2)CC1.CC(C)(C)OC(=O)N1CCC(c2ncccc2Br)CC1.CC(C)(C)OC(=O)N1CCC(c2ncccc2Br)CC1.Cl.OB(O)c1ccccc1.c1ccc(-c2cccnc2C2CCNCC2)cc1. The first-order valence-electron chi connectivity index (χ1n) is 39.3. The zero-order valence-corrected chi connectivity index (χ0v) is 77.7. The van der Waals surface area contributed by atoms with E-state index in [0.29, 0.717) is 46.1 Å². The quantitative estimate of drug-likeness (QED) is 0.0442. The van der Waals surface area contributed by atoms with Gasteiger partial charge in [0, 0.05) is 131 Å². The fraction of sp³-hybridized carbons (Fsp3) is 0.466. The minimum absolute atomic E-state index is 0. The summed E-state index contributed by atoms with van der Waals surface area (Å²) in [5.41, 5.74) is 8.39. The van der Waals surface area contributed by atoms with Crippen LogP contribution in [-0.2, 0) is 18.9 Å². The van der Waals surface area contributed by atoms with Gasteiger partial charge in [-0.25, -0.2) is 24.2 Å². The van der Waals surface area contributed by atoms with Gasteiger partial charge in [-0.3, -0.25) is 19.9 Å². The van der Waals surface area contributed by atoms with Gasteiger partial charge in [0.05, 0.1) is 27.2 Å². The number of nitrogens with one attached hydrogen (secondary N) is 1. The number of alkyl halides is 1. The molecule has 5 aliphatic heterocycles. The Labute approximate surface area is 735 Å². The van der Waals surface area contributed by atoms with Crippen LogP contribution in [0, 0.1) is 0 Å². The number of hydrogen-bond donors (Lipinski definition) is 3. The van der Waals surface area contributed by atoms with E-state index in [9.17, 15) is 19.2 Å². The molecule has 8 aromatic rings. The summed E-state index contributed by atoms with van der Waals surface area (Å²) in [4.78, 5) is 77.2. The highest BCUT2D eigenvalue weighted by Gasteiger charge is 2.33. The molecule has 622 valence electrons. The Bertz CT molecular complexity index is 4100. The maximum Gasteiger partial charge on any atom is 0.488 e. The number of aromatic nitrogens is 5. The molecule has 10 heterocycles. The number of benzene rings is 3. The van der Waals surface area contributed by atoms with Crippen LogP contribution in [0.2, 0.25) is 0 Å². The lowest BCUT2D eigenvalue weighted by molar-refractivity contribution is 0.0193. The number of halogens is 6. The van der Waals surface area contributed by atoms with Crippen molar-refractivity contribution in [2.75, 3.05) is 65.4 Å². The molecule has 20 nitrogen and oxygen atoms in total. The second-order valence-electron chi connectivity index (χ2n) is 32.3. The van der Waals surface area contributed by atoms with E-state index in [1.165, 1.54) is 40.8 Å². The lowest BCUT2D eigenvalue weighted by Crippen LogP contribution is -2.41. The van der Waals surface area contributed by atoms with Crippen LogP contribution >= 0.6 is 98.7 Å². The zero-order chi connectivity index (χ0) is 83.0. The van der Waals surface area contributed by atoms with Crippen LogP contribution in [0.1, 0.15) is 194 Å². The molecule has 4 amide bonds. The van der Waals surface area contributed by atoms with Crippen LogP contribution in [0.4, 0.5) is 19.2 Å². The monoisotopic (exact) mass is 1960 g/mol. The van der Waals surface area contributed by atoms with E-state index < -0.39 is 23.9 Å². The maximum atomic E-state index is 12.2. The molecule has 115 heavy (non-hydrogen) atoms. The largest absolute Gasteiger partial charge is 0.488 e. The van der Waals surface area contributed by atoms with Gasteiger partial charge in [-0.15, -0.1) is 12.4 Å². The van der Waals surface area contributed by atoms with E-state index in [0.717, 1.165) is 139 Å². The van der Waals surface area contributed by atoms with Gasteiger partial charge in [-0.1, -0.05) is 126 Å². The van der Waals surface area contributed by atoms with Crippen molar-refractivity contribution in [3.8, 4) is 22.3 Å². The lowest BCUT2D eigenvalue weighted by Gasteiger charge is -2.33. The highest BCUT2D eigenvalue weighted by Crippen LogP contribution is 2.37. The fourth-order valence-electron chi connectivity index (χ4n) is 13.0. The van der Waals surface area contributed by atoms with E-state index >= 15 is 0 Å². The van der Waals surface area contributed by atoms with Gasteiger partial charge < -0.3 is 53.9 Å². The minimum Gasteiger partial charge on any atom is -0.444 e. The molecule has 0 saturated carbocycles. The molecule has 0 bridgehead atoms. The van der Waals surface area contributed by atoms with Gasteiger partial charge in [0.2, 0.25) is 0 Å². The third-order valence-corrected chi connectivity index (χ3v) is 23.0. The Morgan fingerprint density at radius 2 is 0.643 bits per heavy atom. The van der Waals surface area contributed by atoms with Gasteiger partial charge in [0.15, 0.2) is 0 Å². The van der Waals surface area contributed by atoms with Gasteiger partial charge in [-0.05, 0) is 289 Å². The van der Waals surface area contributed by atoms with Crippen molar-refractivity contribution in [2.45, 2.75) is 197 Å². The van der Waals surface area contributed by atoms with Crippen LogP contribution in [0.3, 0.4) is 0 Å². The van der Waals surface area contributed by atoms with E-state index in [2.05, 4.69) is 183 Å². The molecule has 0 aliphatic carbocycles. The van der Waals surface area contributed by atoms with E-state index in [4.69, 9.17) is 29.0 Å². The number of hydrogen-bond acceptors (Lipinski definition) is 16. The molecule has 27 heteroatoms. The van der Waals surface area contributed by atoms with E-state index in [1.807, 2.05) is 173 Å². The molecule has 5 aliphatic rings. The van der Waals surface area contributed by atoms with Gasteiger partial charge in [0.25, 0.3) is 0 Å². The second-order valence-corrected chi connectivity index (χ2v) is 37.4. The lowest BCUT2D eigenvalue weighted by atomic mass is 9.81. The van der Waals surface area contributed by atoms with Crippen molar-refractivity contribution in [1.82, 2.24) is 49.8 Å². The van der Waals surface area contributed by atoms with Crippen LogP contribution in [0.15, 0.2) is 201 Å². The predicted octanol–water partition coefficient (Wildman–Crippen LogP) is 21.2. The van der Waals surface area contributed by atoms with Crippen molar-refractivity contribution < 1.29 is 48.2 Å².